The Morgan fingerprint density at radius 1 is 1.40 bits per heavy atom. The number of aromatic nitrogens is 2. The van der Waals surface area contributed by atoms with Gasteiger partial charge in [-0.3, -0.25) is 9.97 Å². The number of fused-ring (bicyclic) bond motifs is 1. The van der Waals surface area contributed by atoms with Crippen molar-refractivity contribution in [2.45, 2.75) is 19.4 Å². The van der Waals surface area contributed by atoms with Crippen LogP contribution in [-0.2, 0) is 0 Å². The van der Waals surface area contributed by atoms with Crippen LogP contribution >= 0.6 is 15.9 Å². The molecule has 0 aliphatic carbocycles. The molecule has 0 saturated carbocycles. The van der Waals surface area contributed by atoms with Crippen molar-refractivity contribution in [3.8, 4) is 0 Å². The average Bonchev–Trinajstić information content (AvgIpc) is 2.41. The molecule has 1 saturated heterocycles. The second-order valence-corrected chi connectivity index (χ2v) is 6.57. The fraction of sp³-hybridized carbons (Fsp3) is 0.467. The highest BCUT2D eigenvalue weighted by Crippen LogP contribution is 2.26. The first-order valence-electron chi connectivity index (χ1n) is 6.99. The van der Waals surface area contributed by atoms with E-state index in [4.69, 9.17) is 0 Å². The van der Waals surface area contributed by atoms with Gasteiger partial charge in [0, 0.05) is 29.5 Å². The van der Waals surface area contributed by atoms with Gasteiger partial charge in [0.25, 0.3) is 0 Å². The lowest BCUT2D eigenvalue weighted by Crippen LogP contribution is -2.43. The summed E-state index contributed by atoms with van der Waals surface area (Å²) >= 11 is 3.44. The number of piperidine rings is 1. The van der Waals surface area contributed by atoms with Gasteiger partial charge in [-0.2, -0.15) is 0 Å². The van der Waals surface area contributed by atoms with Crippen molar-refractivity contribution in [3.05, 3.63) is 29.0 Å². The van der Waals surface area contributed by atoms with Crippen LogP contribution in [0.1, 0.15) is 13.3 Å². The summed E-state index contributed by atoms with van der Waals surface area (Å²) in [7, 11) is 2.19. The summed E-state index contributed by atoms with van der Waals surface area (Å²) in [4.78, 5) is 11.3. The predicted octanol–water partition coefficient (Wildman–Crippen LogP) is 3.14. The molecule has 2 unspecified atom stereocenters. The van der Waals surface area contributed by atoms with Crippen molar-refractivity contribution in [2.24, 2.45) is 5.92 Å². The topological polar surface area (TPSA) is 41.0 Å². The van der Waals surface area contributed by atoms with Gasteiger partial charge in [0.1, 0.15) is 5.52 Å². The van der Waals surface area contributed by atoms with Crippen molar-refractivity contribution in [1.82, 2.24) is 14.9 Å². The van der Waals surface area contributed by atoms with E-state index < -0.39 is 0 Å². The van der Waals surface area contributed by atoms with Gasteiger partial charge in [-0.25, -0.2) is 0 Å². The Kier molecular flexibility index (Phi) is 3.89. The third kappa shape index (κ3) is 2.79. The maximum atomic E-state index is 4.50. The van der Waals surface area contributed by atoms with Gasteiger partial charge in [-0.15, -0.1) is 0 Å². The molecule has 1 aliphatic heterocycles. The molecule has 0 amide bonds. The van der Waals surface area contributed by atoms with Crippen LogP contribution in [0.5, 0.6) is 0 Å². The first-order valence-corrected chi connectivity index (χ1v) is 7.78. The van der Waals surface area contributed by atoms with Crippen LogP contribution < -0.4 is 5.32 Å². The maximum Gasteiger partial charge on any atom is 0.112 e. The highest BCUT2D eigenvalue weighted by atomic mass is 79.9. The summed E-state index contributed by atoms with van der Waals surface area (Å²) in [6, 6.07) is 4.53. The number of hydrogen-bond acceptors (Lipinski definition) is 4. The highest BCUT2D eigenvalue weighted by molar-refractivity contribution is 9.10. The Labute approximate surface area is 127 Å². The van der Waals surface area contributed by atoms with Gasteiger partial charge in [-0.05, 0) is 54.0 Å². The van der Waals surface area contributed by atoms with Crippen LogP contribution in [0, 0.1) is 5.92 Å². The Morgan fingerprint density at radius 3 is 3.05 bits per heavy atom. The highest BCUT2D eigenvalue weighted by Gasteiger charge is 2.24. The monoisotopic (exact) mass is 334 g/mol. The van der Waals surface area contributed by atoms with E-state index in [9.17, 15) is 0 Å². The largest absolute Gasteiger partial charge is 0.380 e. The van der Waals surface area contributed by atoms with E-state index >= 15 is 0 Å². The number of pyridine rings is 2. The Hall–Kier alpha value is -1.20. The molecule has 0 spiro atoms. The molecular formula is C15H19BrN4. The molecule has 2 aromatic heterocycles. The van der Waals surface area contributed by atoms with Crippen LogP contribution in [0.3, 0.4) is 0 Å². The van der Waals surface area contributed by atoms with Crippen LogP contribution in [-0.4, -0.2) is 41.0 Å². The van der Waals surface area contributed by atoms with Crippen LogP contribution in [0.2, 0.25) is 0 Å². The third-order valence-corrected chi connectivity index (χ3v) is 4.43. The second-order valence-electron chi connectivity index (χ2n) is 5.66. The van der Waals surface area contributed by atoms with Crippen LogP contribution in [0.15, 0.2) is 29.0 Å². The Balaban J connectivity index is 1.87. The van der Waals surface area contributed by atoms with E-state index in [0.717, 1.165) is 40.7 Å². The molecule has 1 aliphatic rings. The minimum absolute atomic E-state index is 0.502. The van der Waals surface area contributed by atoms with E-state index in [1.807, 2.05) is 24.5 Å². The molecule has 3 heterocycles. The molecule has 2 aromatic rings. The van der Waals surface area contributed by atoms with E-state index in [0.29, 0.717) is 12.0 Å². The van der Waals surface area contributed by atoms with E-state index in [1.165, 1.54) is 0 Å². The van der Waals surface area contributed by atoms with Gasteiger partial charge in [0.15, 0.2) is 0 Å². The number of anilines is 1. The Morgan fingerprint density at radius 2 is 2.25 bits per heavy atom. The SMILES string of the molecule is CC1CN(C)CCC1Nc1ccnc2cc(Br)cnc12. The van der Waals surface area contributed by atoms with E-state index in [2.05, 4.69) is 50.1 Å². The van der Waals surface area contributed by atoms with Gasteiger partial charge >= 0.3 is 0 Å². The lowest BCUT2D eigenvalue weighted by Gasteiger charge is -2.35. The summed E-state index contributed by atoms with van der Waals surface area (Å²) in [5.41, 5.74) is 2.95. The van der Waals surface area contributed by atoms with Gasteiger partial charge in [0.05, 0.1) is 11.2 Å². The fourth-order valence-corrected chi connectivity index (χ4v) is 3.21. The molecule has 0 radical (unpaired) electrons. The standard InChI is InChI=1S/C15H19BrN4/c1-10-9-20(2)6-4-12(10)19-13-3-5-17-14-7-11(16)8-18-15(13)14/h3,5,7-8,10,12H,4,6,9H2,1-2H3,(H,17,19). The third-order valence-electron chi connectivity index (χ3n) is 3.99. The summed E-state index contributed by atoms with van der Waals surface area (Å²) < 4.78 is 0.960. The minimum atomic E-state index is 0.502. The van der Waals surface area contributed by atoms with Crippen molar-refractivity contribution in [1.29, 1.82) is 0 Å². The van der Waals surface area contributed by atoms with Gasteiger partial charge in [-0.1, -0.05) is 6.92 Å². The lowest BCUT2D eigenvalue weighted by molar-refractivity contribution is 0.206. The van der Waals surface area contributed by atoms with Crippen molar-refractivity contribution in [3.63, 3.8) is 0 Å². The average molecular weight is 335 g/mol. The molecule has 0 aromatic carbocycles. The van der Waals surface area contributed by atoms with Crippen LogP contribution in [0.4, 0.5) is 5.69 Å². The maximum absolute atomic E-state index is 4.50. The summed E-state index contributed by atoms with van der Waals surface area (Å²) in [6.45, 7) is 4.59. The first kappa shape index (κ1) is 13.8. The lowest BCUT2D eigenvalue weighted by atomic mass is 9.94. The van der Waals surface area contributed by atoms with Crippen molar-refractivity contribution < 1.29 is 0 Å². The normalized spacial score (nSPS) is 23.9. The summed E-state index contributed by atoms with van der Waals surface area (Å²) in [6.07, 6.45) is 4.84. The number of rotatable bonds is 2. The van der Waals surface area contributed by atoms with Crippen molar-refractivity contribution in [2.75, 3.05) is 25.5 Å². The molecule has 1 fully saturated rings. The number of hydrogen-bond donors (Lipinski definition) is 1. The molecule has 0 bridgehead atoms. The quantitative estimate of drug-likeness (QED) is 0.915. The molecular weight excluding hydrogens is 316 g/mol. The summed E-state index contributed by atoms with van der Waals surface area (Å²) in [5, 5.41) is 3.67. The predicted molar refractivity (Wildman–Crippen MR) is 85.9 cm³/mol. The smallest absolute Gasteiger partial charge is 0.112 e. The zero-order chi connectivity index (χ0) is 14.1. The zero-order valence-electron chi connectivity index (χ0n) is 11.8. The molecule has 106 valence electrons. The molecule has 2 atom stereocenters. The molecule has 1 N–H and O–H groups in total. The fourth-order valence-electron chi connectivity index (χ4n) is 2.89. The minimum Gasteiger partial charge on any atom is -0.380 e. The summed E-state index contributed by atoms with van der Waals surface area (Å²) in [5.74, 6) is 0.632. The number of halogens is 1. The molecule has 5 heteroatoms. The van der Waals surface area contributed by atoms with Crippen molar-refractivity contribution >= 4 is 32.7 Å². The molecule has 3 rings (SSSR count). The first-order chi connectivity index (χ1) is 9.63. The van der Waals surface area contributed by atoms with E-state index in [-0.39, 0.29) is 0 Å². The zero-order valence-corrected chi connectivity index (χ0v) is 13.4. The number of likely N-dealkylation sites (tertiary alicyclic amines) is 1. The second kappa shape index (κ2) is 5.66. The van der Waals surface area contributed by atoms with E-state index in [1.54, 1.807) is 0 Å². The Bertz CT molecular complexity index is 616. The van der Waals surface area contributed by atoms with Crippen LogP contribution in [0.25, 0.3) is 11.0 Å². The van der Waals surface area contributed by atoms with Gasteiger partial charge in [0.2, 0.25) is 0 Å². The van der Waals surface area contributed by atoms with Gasteiger partial charge < -0.3 is 10.2 Å². The molecule has 4 nitrogen and oxygen atoms in total. The number of nitrogens with one attached hydrogen (secondary N) is 1. The number of nitrogens with zero attached hydrogens (tertiary/aromatic N) is 3. The molecule has 20 heavy (non-hydrogen) atoms.